The highest BCUT2D eigenvalue weighted by atomic mass is 16.6. The van der Waals surface area contributed by atoms with Crippen LogP contribution >= 0.6 is 0 Å². The van der Waals surface area contributed by atoms with Gasteiger partial charge in [0.05, 0.1) is 6.04 Å². The van der Waals surface area contributed by atoms with Gasteiger partial charge in [0.1, 0.15) is 12.2 Å². The number of hydrogen-bond acceptors (Lipinski definition) is 4. The summed E-state index contributed by atoms with van der Waals surface area (Å²) in [6.45, 7) is 6.39. The Morgan fingerprint density at radius 3 is 2.00 bits per heavy atom. The van der Waals surface area contributed by atoms with Crippen LogP contribution in [0.2, 0.25) is 0 Å². The largest absolute Gasteiger partial charge is 0.439 e. The summed E-state index contributed by atoms with van der Waals surface area (Å²) in [5.41, 5.74) is 0.887. The Labute approximate surface area is 236 Å². The Balaban J connectivity index is 1.57. The van der Waals surface area contributed by atoms with Gasteiger partial charge >= 0.3 is 6.09 Å². The van der Waals surface area contributed by atoms with E-state index in [4.69, 9.17) is 9.47 Å². The fraction of sp³-hybridized carbons (Fsp3) is 0.471. The van der Waals surface area contributed by atoms with E-state index in [1.165, 1.54) is 4.90 Å². The number of allylic oxidation sites excluding steroid dienone is 10. The summed E-state index contributed by atoms with van der Waals surface area (Å²) in [5, 5.41) is 0. The normalized spacial score (nSPS) is 18.9. The molecule has 1 saturated heterocycles. The van der Waals surface area contributed by atoms with Crippen molar-refractivity contribution in [3.8, 4) is 0 Å². The highest BCUT2D eigenvalue weighted by Crippen LogP contribution is 2.33. The highest BCUT2D eigenvalue weighted by molar-refractivity contribution is 5.96. The molecule has 1 aromatic carbocycles. The third-order valence-electron chi connectivity index (χ3n) is 6.52. The number of imide groups is 1. The van der Waals surface area contributed by atoms with Crippen molar-refractivity contribution in [2.75, 3.05) is 6.61 Å². The van der Waals surface area contributed by atoms with E-state index < -0.39 is 18.3 Å². The van der Waals surface area contributed by atoms with Crippen molar-refractivity contribution < 1.29 is 19.1 Å². The van der Waals surface area contributed by atoms with Gasteiger partial charge in [-0.15, -0.1) is 0 Å². The molecule has 212 valence electrons. The predicted molar refractivity (Wildman–Crippen MR) is 160 cm³/mol. The average molecular weight is 534 g/mol. The van der Waals surface area contributed by atoms with Crippen molar-refractivity contribution in [3.05, 3.63) is 96.7 Å². The maximum Gasteiger partial charge on any atom is 0.417 e. The van der Waals surface area contributed by atoms with Gasteiger partial charge in [0, 0.05) is 6.61 Å². The number of hydrogen-bond donors (Lipinski definition) is 0. The fourth-order valence-electron chi connectivity index (χ4n) is 4.32. The van der Waals surface area contributed by atoms with E-state index >= 15 is 0 Å². The van der Waals surface area contributed by atoms with Gasteiger partial charge in [-0.2, -0.15) is 0 Å². The molecule has 1 aromatic rings. The molecule has 2 rings (SSSR count). The molecule has 0 N–H and O–H groups in total. The van der Waals surface area contributed by atoms with Crippen molar-refractivity contribution >= 4 is 12.0 Å². The molecule has 5 heteroatoms. The molecular formula is C34H47NO4. The minimum absolute atomic E-state index is 0.314. The van der Waals surface area contributed by atoms with E-state index in [2.05, 4.69) is 67.7 Å². The van der Waals surface area contributed by atoms with Crippen molar-refractivity contribution in [1.82, 2.24) is 4.90 Å². The molecule has 5 nitrogen and oxygen atoms in total. The van der Waals surface area contributed by atoms with E-state index in [1.807, 2.05) is 44.2 Å². The smallest absolute Gasteiger partial charge is 0.417 e. The van der Waals surface area contributed by atoms with Crippen molar-refractivity contribution in [3.63, 3.8) is 0 Å². The minimum Gasteiger partial charge on any atom is -0.439 e. The first-order chi connectivity index (χ1) is 19.1. The van der Waals surface area contributed by atoms with Crippen LogP contribution in [0.1, 0.15) is 90.2 Å². The van der Waals surface area contributed by atoms with Gasteiger partial charge in [0.25, 0.3) is 5.91 Å². The van der Waals surface area contributed by atoms with Gasteiger partial charge in [0.15, 0.2) is 0 Å². The Kier molecular flexibility index (Phi) is 16.3. The molecule has 0 saturated carbocycles. The molecule has 1 fully saturated rings. The van der Waals surface area contributed by atoms with E-state index in [-0.39, 0.29) is 11.9 Å². The zero-order chi connectivity index (χ0) is 28.1. The zero-order valence-electron chi connectivity index (χ0n) is 24.0. The number of cyclic esters (lactones) is 1. The van der Waals surface area contributed by atoms with Gasteiger partial charge in [-0.1, -0.05) is 105 Å². The van der Waals surface area contributed by atoms with Crippen LogP contribution in [0.15, 0.2) is 91.1 Å². The molecule has 1 heterocycles. The van der Waals surface area contributed by atoms with E-state index in [9.17, 15) is 9.59 Å². The van der Waals surface area contributed by atoms with Crippen LogP contribution < -0.4 is 0 Å². The molecule has 0 bridgehead atoms. The van der Waals surface area contributed by atoms with Crippen LogP contribution in [-0.4, -0.2) is 35.7 Å². The lowest BCUT2D eigenvalue weighted by Gasteiger charge is -2.24. The van der Waals surface area contributed by atoms with Gasteiger partial charge < -0.3 is 9.47 Å². The summed E-state index contributed by atoms with van der Waals surface area (Å²) < 4.78 is 11.4. The second-order valence-electron chi connectivity index (χ2n) is 9.64. The third-order valence-corrected chi connectivity index (χ3v) is 6.52. The number of ether oxygens (including phenoxy) is 2. The number of benzene rings is 1. The number of nitrogens with zero attached hydrogens (tertiary/aromatic N) is 1. The van der Waals surface area contributed by atoms with Crippen LogP contribution in [-0.2, 0) is 14.3 Å². The van der Waals surface area contributed by atoms with Gasteiger partial charge in [0.2, 0.25) is 0 Å². The van der Waals surface area contributed by atoms with Crippen molar-refractivity contribution in [2.24, 2.45) is 0 Å². The summed E-state index contributed by atoms with van der Waals surface area (Å²) in [6, 6.07) is 9.16. The quantitative estimate of drug-likeness (QED) is 0.140. The molecule has 1 aliphatic heterocycles. The van der Waals surface area contributed by atoms with Crippen molar-refractivity contribution in [2.45, 2.75) is 96.8 Å². The third kappa shape index (κ3) is 12.0. The summed E-state index contributed by atoms with van der Waals surface area (Å²) in [6.07, 6.45) is 28.7. The predicted octanol–water partition coefficient (Wildman–Crippen LogP) is 8.81. The Bertz CT molecular complexity index is 976. The summed E-state index contributed by atoms with van der Waals surface area (Å²) in [5.74, 6) is -0.314. The molecule has 0 aliphatic carbocycles. The molecule has 0 spiro atoms. The topological polar surface area (TPSA) is 55.8 Å². The monoisotopic (exact) mass is 533 g/mol. The summed E-state index contributed by atoms with van der Waals surface area (Å²) in [7, 11) is 0. The first kappa shape index (κ1) is 32.0. The van der Waals surface area contributed by atoms with Crippen LogP contribution in [0.5, 0.6) is 0 Å². The van der Waals surface area contributed by atoms with E-state index in [0.717, 1.165) is 56.9 Å². The lowest BCUT2D eigenvalue weighted by Crippen LogP contribution is -2.44. The molecule has 0 radical (unpaired) electrons. The molecule has 3 unspecified atom stereocenters. The fourth-order valence-corrected chi connectivity index (χ4v) is 4.32. The summed E-state index contributed by atoms with van der Waals surface area (Å²) in [4.78, 5) is 26.8. The number of carbonyl (C=O) groups is 2. The molecule has 2 amide bonds. The van der Waals surface area contributed by atoms with Crippen LogP contribution in [0, 0.1) is 0 Å². The first-order valence-electron chi connectivity index (χ1n) is 14.5. The lowest BCUT2D eigenvalue weighted by atomic mass is 10.0. The maximum absolute atomic E-state index is 13.1. The second-order valence-corrected chi connectivity index (χ2v) is 9.64. The number of unbranched alkanes of at least 4 members (excludes halogenated alkanes) is 2. The number of amides is 2. The Morgan fingerprint density at radius 1 is 0.872 bits per heavy atom. The van der Waals surface area contributed by atoms with Crippen LogP contribution in [0.4, 0.5) is 4.79 Å². The summed E-state index contributed by atoms with van der Waals surface area (Å²) >= 11 is 0. The molecule has 0 aromatic heterocycles. The van der Waals surface area contributed by atoms with Gasteiger partial charge in [-0.05, 0) is 70.3 Å². The number of carbonyl (C=O) groups excluding carboxylic acids is 2. The Hall–Kier alpha value is -3.18. The van der Waals surface area contributed by atoms with Gasteiger partial charge in [-0.3, -0.25) is 4.79 Å². The van der Waals surface area contributed by atoms with Crippen LogP contribution in [0.25, 0.3) is 0 Å². The SMILES string of the molecule is CCC=CCC=CCC=CCC=CCC=CCCCCOC(CC)C(=O)N1C(=O)OC(c2ccccc2)C1C. The Morgan fingerprint density at radius 2 is 1.44 bits per heavy atom. The lowest BCUT2D eigenvalue weighted by molar-refractivity contribution is -0.141. The molecule has 3 atom stereocenters. The average Bonchev–Trinajstić information content (AvgIpc) is 3.25. The molecular weight excluding hydrogens is 486 g/mol. The highest BCUT2D eigenvalue weighted by Gasteiger charge is 2.45. The first-order valence-corrected chi connectivity index (χ1v) is 14.5. The second kappa shape index (κ2) is 19.8. The van der Waals surface area contributed by atoms with E-state index in [0.29, 0.717) is 13.0 Å². The molecule has 39 heavy (non-hydrogen) atoms. The van der Waals surface area contributed by atoms with Crippen LogP contribution in [0.3, 0.4) is 0 Å². The number of rotatable bonds is 18. The zero-order valence-corrected chi connectivity index (χ0v) is 24.0. The molecule has 1 aliphatic rings. The maximum atomic E-state index is 13.1. The van der Waals surface area contributed by atoms with Gasteiger partial charge in [-0.25, -0.2) is 9.69 Å². The van der Waals surface area contributed by atoms with Crippen molar-refractivity contribution in [1.29, 1.82) is 0 Å². The minimum atomic E-state index is -0.636. The standard InChI is InChI=1S/C34H47NO4/c1-4-6-7-8-9-10-11-12-13-14-15-16-17-18-19-20-21-25-28-38-31(5-2)33(36)35-29(3)32(39-34(35)37)30-26-23-22-24-27-30/h6-7,9-10,12-13,15-16,18-19,22-24,26-27,29,31-32H,4-5,8,11,14,17,20-21,25,28H2,1-3H3. The van der Waals surface area contributed by atoms with E-state index in [1.54, 1.807) is 0 Å².